The summed E-state index contributed by atoms with van der Waals surface area (Å²) in [7, 11) is 1.57. The maximum absolute atomic E-state index is 5.68. The van der Waals surface area contributed by atoms with Crippen molar-refractivity contribution in [2.24, 2.45) is 0 Å². The molecule has 1 aliphatic rings. The molecule has 1 aliphatic carbocycles. The molecule has 0 bridgehead atoms. The highest BCUT2D eigenvalue weighted by Crippen LogP contribution is 2.31. The molecule has 0 aliphatic heterocycles. The van der Waals surface area contributed by atoms with Gasteiger partial charge in [0.05, 0.1) is 25.1 Å². The maximum Gasteiger partial charge on any atom is 0.216 e. The molecule has 0 radical (unpaired) electrons. The zero-order valence-electron chi connectivity index (χ0n) is 7.49. The molecule has 13 heavy (non-hydrogen) atoms. The number of hydrogen-bond acceptors (Lipinski definition) is 4. The predicted molar refractivity (Wildman–Crippen MR) is 48.9 cm³/mol. The molecule has 1 fully saturated rings. The van der Waals surface area contributed by atoms with Gasteiger partial charge in [-0.2, -0.15) is 0 Å². The van der Waals surface area contributed by atoms with Gasteiger partial charge in [0.2, 0.25) is 5.88 Å². The Hall–Kier alpha value is -1.45. The number of nitrogens with zero attached hydrogens (tertiary/aromatic N) is 1. The largest absolute Gasteiger partial charge is 0.488 e. The van der Waals surface area contributed by atoms with Crippen LogP contribution in [-0.4, -0.2) is 18.2 Å². The van der Waals surface area contributed by atoms with E-state index in [-0.39, 0.29) is 0 Å². The van der Waals surface area contributed by atoms with E-state index in [2.05, 4.69) is 4.98 Å². The van der Waals surface area contributed by atoms with Crippen LogP contribution in [0.4, 0.5) is 5.69 Å². The van der Waals surface area contributed by atoms with E-state index in [1.807, 2.05) is 0 Å². The third-order valence-corrected chi connectivity index (χ3v) is 1.90. The summed E-state index contributed by atoms with van der Waals surface area (Å²) in [5, 5.41) is 0. The molecule has 70 valence electrons. The molecule has 0 spiro atoms. The van der Waals surface area contributed by atoms with Gasteiger partial charge in [0, 0.05) is 6.07 Å². The van der Waals surface area contributed by atoms with Gasteiger partial charge in [0.25, 0.3) is 0 Å². The molecule has 2 rings (SSSR count). The first-order valence-corrected chi connectivity index (χ1v) is 4.26. The topological polar surface area (TPSA) is 57.4 Å². The summed E-state index contributed by atoms with van der Waals surface area (Å²) in [5.41, 5.74) is 6.24. The molecule has 1 heterocycles. The van der Waals surface area contributed by atoms with Gasteiger partial charge in [-0.25, -0.2) is 4.98 Å². The summed E-state index contributed by atoms with van der Waals surface area (Å²) in [6.07, 6.45) is 4.12. The molecule has 4 nitrogen and oxygen atoms in total. The fourth-order valence-electron chi connectivity index (χ4n) is 1.01. The third-order valence-electron chi connectivity index (χ3n) is 1.90. The number of methoxy groups -OCH3 is 1. The van der Waals surface area contributed by atoms with Gasteiger partial charge in [0.1, 0.15) is 5.75 Å². The van der Waals surface area contributed by atoms with Gasteiger partial charge >= 0.3 is 0 Å². The highest BCUT2D eigenvalue weighted by molar-refractivity contribution is 5.52. The second-order valence-corrected chi connectivity index (χ2v) is 3.08. The third kappa shape index (κ3) is 1.83. The Kier molecular flexibility index (Phi) is 1.96. The molecule has 4 heteroatoms. The molecule has 1 aromatic heterocycles. The molecular weight excluding hydrogens is 168 g/mol. The lowest BCUT2D eigenvalue weighted by Crippen LogP contribution is -2.01. The monoisotopic (exact) mass is 180 g/mol. The van der Waals surface area contributed by atoms with E-state index in [0.29, 0.717) is 23.4 Å². The van der Waals surface area contributed by atoms with Crippen molar-refractivity contribution in [3.05, 3.63) is 12.3 Å². The van der Waals surface area contributed by atoms with Gasteiger partial charge in [-0.1, -0.05) is 0 Å². The van der Waals surface area contributed by atoms with E-state index in [9.17, 15) is 0 Å². The van der Waals surface area contributed by atoms with Crippen LogP contribution in [0.15, 0.2) is 12.3 Å². The van der Waals surface area contributed by atoms with Crippen LogP contribution in [0, 0.1) is 0 Å². The standard InChI is InChI=1S/C9H12N2O2/c1-12-9-4-8(7(10)5-11-9)13-6-2-3-6/h4-6H,2-3,10H2,1H3. The fourth-order valence-corrected chi connectivity index (χ4v) is 1.01. The lowest BCUT2D eigenvalue weighted by atomic mass is 10.4. The Labute approximate surface area is 76.7 Å². The summed E-state index contributed by atoms with van der Waals surface area (Å²) in [4.78, 5) is 3.96. The Balaban J connectivity index is 2.19. The van der Waals surface area contributed by atoms with Gasteiger partial charge in [0.15, 0.2) is 0 Å². The van der Waals surface area contributed by atoms with Crippen LogP contribution in [0.2, 0.25) is 0 Å². The van der Waals surface area contributed by atoms with E-state index in [1.54, 1.807) is 19.4 Å². The maximum atomic E-state index is 5.68. The summed E-state index contributed by atoms with van der Waals surface area (Å²) in [5.74, 6) is 1.21. The Morgan fingerprint density at radius 3 is 2.92 bits per heavy atom. The van der Waals surface area contributed by atoms with Crippen molar-refractivity contribution >= 4 is 5.69 Å². The van der Waals surface area contributed by atoms with Crippen molar-refractivity contribution < 1.29 is 9.47 Å². The Bertz CT molecular complexity index is 310. The number of rotatable bonds is 3. The molecule has 0 atom stereocenters. The van der Waals surface area contributed by atoms with Crippen LogP contribution >= 0.6 is 0 Å². The molecule has 0 amide bonds. The quantitative estimate of drug-likeness (QED) is 0.759. The first-order valence-electron chi connectivity index (χ1n) is 4.26. The normalized spacial score (nSPS) is 15.5. The lowest BCUT2D eigenvalue weighted by molar-refractivity contribution is 0.301. The zero-order valence-corrected chi connectivity index (χ0v) is 7.49. The average Bonchev–Trinajstić information content (AvgIpc) is 2.93. The minimum absolute atomic E-state index is 0.342. The van der Waals surface area contributed by atoms with Gasteiger partial charge in [-0.3, -0.25) is 0 Å². The fraction of sp³-hybridized carbons (Fsp3) is 0.444. The first-order chi connectivity index (χ1) is 6.29. The number of pyridine rings is 1. The molecule has 2 N–H and O–H groups in total. The van der Waals surface area contributed by atoms with Crippen molar-refractivity contribution in [1.82, 2.24) is 4.98 Å². The van der Waals surface area contributed by atoms with E-state index in [0.717, 1.165) is 12.8 Å². The van der Waals surface area contributed by atoms with E-state index in [1.165, 1.54) is 0 Å². The van der Waals surface area contributed by atoms with Crippen molar-refractivity contribution in [3.63, 3.8) is 0 Å². The average molecular weight is 180 g/mol. The molecular formula is C9H12N2O2. The summed E-state index contributed by atoms with van der Waals surface area (Å²) in [6, 6.07) is 1.72. The predicted octanol–water partition coefficient (Wildman–Crippen LogP) is 1.21. The number of ether oxygens (including phenoxy) is 2. The molecule has 0 saturated heterocycles. The van der Waals surface area contributed by atoms with Crippen LogP contribution in [-0.2, 0) is 0 Å². The van der Waals surface area contributed by atoms with Crippen LogP contribution in [0.25, 0.3) is 0 Å². The summed E-state index contributed by atoms with van der Waals surface area (Å²) < 4.78 is 10.5. The van der Waals surface area contributed by atoms with Crippen molar-refractivity contribution in [3.8, 4) is 11.6 Å². The lowest BCUT2D eigenvalue weighted by Gasteiger charge is -2.08. The smallest absolute Gasteiger partial charge is 0.216 e. The second-order valence-electron chi connectivity index (χ2n) is 3.08. The molecule has 1 aromatic rings. The van der Waals surface area contributed by atoms with Crippen LogP contribution in [0.5, 0.6) is 11.6 Å². The summed E-state index contributed by atoms with van der Waals surface area (Å²) in [6.45, 7) is 0. The number of aromatic nitrogens is 1. The number of nitrogen functional groups attached to an aromatic ring is 1. The summed E-state index contributed by atoms with van der Waals surface area (Å²) >= 11 is 0. The van der Waals surface area contributed by atoms with Crippen LogP contribution in [0.3, 0.4) is 0 Å². The SMILES string of the molecule is COc1cc(OC2CC2)c(N)cn1. The van der Waals surface area contributed by atoms with Crippen molar-refractivity contribution in [2.75, 3.05) is 12.8 Å². The molecule has 0 aromatic carbocycles. The zero-order chi connectivity index (χ0) is 9.26. The second kappa shape index (κ2) is 3.12. The molecule has 1 saturated carbocycles. The Morgan fingerprint density at radius 1 is 1.54 bits per heavy atom. The molecule has 0 unspecified atom stereocenters. The minimum atomic E-state index is 0.342. The van der Waals surface area contributed by atoms with Crippen LogP contribution < -0.4 is 15.2 Å². The van der Waals surface area contributed by atoms with Gasteiger partial charge < -0.3 is 15.2 Å². The highest BCUT2D eigenvalue weighted by Gasteiger charge is 2.24. The van der Waals surface area contributed by atoms with Gasteiger partial charge in [-0.15, -0.1) is 0 Å². The van der Waals surface area contributed by atoms with Crippen molar-refractivity contribution in [2.45, 2.75) is 18.9 Å². The first kappa shape index (κ1) is 8.16. The van der Waals surface area contributed by atoms with E-state index in [4.69, 9.17) is 15.2 Å². The van der Waals surface area contributed by atoms with Crippen molar-refractivity contribution in [1.29, 1.82) is 0 Å². The van der Waals surface area contributed by atoms with E-state index >= 15 is 0 Å². The number of nitrogens with two attached hydrogens (primary N) is 1. The number of anilines is 1. The van der Waals surface area contributed by atoms with E-state index < -0.39 is 0 Å². The Morgan fingerprint density at radius 2 is 2.31 bits per heavy atom. The minimum Gasteiger partial charge on any atom is -0.488 e. The van der Waals surface area contributed by atoms with Gasteiger partial charge in [-0.05, 0) is 12.8 Å². The highest BCUT2D eigenvalue weighted by atomic mass is 16.5. The number of hydrogen-bond donors (Lipinski definition) is 1. The van der Waals surface area contributed by atoms with Crippen LogP contribution in [0.1, 0.15) is 12.8 Å².